The van der Waals surface area contributed by atoms with Crippen molar-refractivity contribution in [1.82, 2.24) is 5.32 Å². The van der Waals surface area contributed by atoms with Crippen molar-refractivity contribution in [3.05, 3.63) is 29.3 Å². The highest BCUT2D eigenvalue weighted by Gasteiger charge is 2.31. The third-order valence-corrected chi connectivity index (χ3v) is 4.68. The first-order chi connectivity index (χ1) is 10.0. The Bertz CT molecular complexity index is 498. The summed E-state index contributed by atoms with van der Waals surface area (Å²) in [5, 5.41) is 13.3. The van der Waals surface area contributed by atoms with Crippen LogP contribution in [0.2, 0.25) is 0 Å². The van der Waals surface area contributed by atoms with Crippen LogP contribution in [0, 0.1) is 5.92 Å². The molecule has 0 amide bonds. The molecule has 1 aromatic carbocycles. The number of aliphatic hydroxyl groups excluding tert-OH is 1. The van der Waals surface area contributed by atoms with Crippen LogP contribution in [0.1, 0.15) is 50.7 Å². The van der Waals surface area contributed by atoms with Crippen LogP contribution in [0.4, 0.5) is 0 Å². The number of rotatable bonds is 4. The van der Waals surface area contributed by atoms with Crippen LogP contribution in [-0.2, 0) is 13.0 Å². The summed E-state index contributed by atoms with van der Waals surface area (Å²) in [5.74, 6) is 1.70. The summed E-state index contributed by atoms with van der Waals surface area (Å²) in [7, 11) is 0. The van der Waals surface area contributed by atoms with E-state index >= 15 is 0 Å². The van der Waals surface area contributed by atoms with E-state index in [1.54, 1.807) is 0 Å². The van der Waals surface area contributed by atoms with E-state index in [-0.39, 0.29) is 11.7 Å². The number of ether oxygens (including phenoxy) is 1. The Morgan fingerprint density at radius 3 is 3.00 bits per heavy atom. The average Bonchev–Trinajstić information content (AvgIpc) is 2.74. The van der Waals surface area contributed by atoms with Crippen molar-refractivity contribution < 1.29 is 9.84 Å². The van der Waals surface area contributed by atoms with E-state index in [9.17, 15) is 5.11 Å². The second kappa shape index (κ2) is 5.98. The number of nitrogens with one attached hydrogen (secondary N) is 1. The Balaban J connectivity index is 1.56. The summed E-state index contributed by atoms with van der Waals surface area (Å²) in [6.07, 6.45) is 5.22. The van der Waals surface area contributed by atoms with Crippen molar-refractivity contribution >= 4 is 0 Å². The van der Waals surface area contributed by atoms with Gasteiger partial charge in [-0.25, -0.2) is 0 Å². The van der Waals surface area contributed by atoms with Gasteiger partial charge in [0, 0.05) is 18.5 Å². The summed E-state index contributed by atoms with van der Waals surface area (Å²) in [6, 6.07) is 6.46. The number of benzene rings is 1. The fourth-order valence-electron chi connectivity index (χ4n) is 3.68. The Labute approximate surface area is 127 Å². The highest BCUT2D eigenvalue weighted by Crippen LogP contribution is 2.37. The van der Waals surface area contributed by atoms with Crippen molar-refractivity contribution in [3.8, 4) is 5.75 Å². The van der Waals surface area contributed by atoms with Gasteiger partial charge < -0.3 is 15.2 Å². The predicted molar refractivity (Wildman–Crippen MR) is 84.5 cm³/mol. The fourth-order valence-corrected chi connectivity index (χ4v) is 3.68. The maximum Gasteiger partial charge on any atom is 0.127 e. The predicted octanol–water partition coefficient (Wildman–Crippen LogP) is 3.04. The van der Waals surface area contributed by atoms with E-state index in [1.165, 1.54) is 17.5 Å². The lowest BCUT2D eigenvalue weighted by atomic mass is 9.87. The highest BCUT2D eigenvalue weighted by molar-refractivity contribution is 5.45. The van der Waals surface area contributed by atoms with E-state index in [2.05, 4.69) is 37.4 Å². The van der Waals surface area contributed by atoms with Gasteiger partial charge in [-0.05, 0) is 51.1 Å². The van der Waals surface area contributed by atoms with Crippen molar-refractivity contribution in [3.63, 3.8) is 0 Å². The maximum absolute atomic E-state index is 9.73. The smallest absolute Gasteiger partial charge is 0.127 e. The second-order valence-corrected chi connectivity index (χ2v) is 7.26. The quantitative estimate of drug-likeness (QED) is 0.895. The first-order valence-corrected chi connectivity index (χ1v) is 8.22. The minimum Gasteiger partial charge on any atom is -0.487 e. The molecule has 1 heterocycles. The van der Waals surface area contributed by atoms with E-state index in [1.807, 2.05) is 0 Å². The van der Waals surface area contributed by atoms with Crippen LogP contribution in [0.3, 0.4) is 0 Å². The molecule has 0 aromatic heterocycles. The van der Waals surface area contributed by atoms with Crippen LogP contribution < -0.4 is 10.1 Å². The molecular weight excluding hydrogens is 262 g/mol. The average molecular weight is 289 g/mol. The van der Waals surface area contributed by atoms with E-state index in [4.69, 9.17) is 4.74 Å². The molecule has 1 aromatic rings. The Kier molecular flexibility index (Phi) is 4.23. The minimum absolute atomic E-state index is 0.0775. The molecule has 1 saturated carbocycles. The van der Waals surface area contributed by atoms with Gasteiger partial charge in [-0.3, -0.25) is 0 Å². The molecule has 1 aliphatic heterocycles. The molecule has 3 nitrogen and oxygen atoms in total. The van der Waals surface area contributed by atoms with Gasteiger partial charge in [-0.15, -0.1) is 0 Å². The molecule has 0 bridgehead atoms. The summed E-state index contributed by atoms with van der Waals surface area (Å²) in [4.78, 5) is 0. The van der Waals surface area contributed by atoms with Crippen molar-refractivity contribution in [1.29, 1.82) is 0 Å². The number of hydrogen-bond donors (Lipinski definition) is 2. The largest absolute Gasteiger partial charge is 0.487 e. The van der Waals surface area contributed by atoms with E-state index in [0.717, 1.165) is 44.5 Å². The third-order valence-electron chi connectivity index (χ3n) is 4.68. The van der Waals surface area contributed by atoms with Crippen molar-refractivity contribution in [2.75, 3.05) is 6.54 Å². The maximum atomic E-state index is 9.73. The standard InChI is InChI=1S/C18H27NO2/c1-18(2)10-14-6-4-7-15(17(14)21-18)12-19-11-13-5-3-8-16(20)9-13/h4,6-7,13,16,19-20H,3,5,8-12H2,1-2H3. The SMILES string of the molecule is CC1(C)Cc2cccc(CNCC3CCCC(O)C3)c2O1. The Morgan fingerprint density at radius 2 is 2.19 bits per heavy atom. The molecule has 1 fully saturated rings. The number of hydrogen-bond acceptors (Lipinski definition) is 3. The zero-order valence-corrected chi connectivity index (χ0v) is 13.2. The van der Waals surface area contributed by atoms with Gasteiger partial charge in [0.2, 0.25) is 0 Å². The van der Waals surface area contributed by atoms with Gasteiger partial charge in [0.05, 0.1) is 6.10 Å². The Morgan fingerprint density at radius 1 is 1.33 bits per heavy atom. The Hall–Kier alpha value is -1.06. The van der Waals surface area contributed by atoms with Gasteiger partial charge in [-0.1, -0.05) is 24.6 Å². The molecular formula is C18H27NO2. The van der Waals surface area contributed by atoms with Gasteiger partial charge in [-0.2, -0.15) is 0 Å². The van der Waals surface area contributed by atoms with Crippen LogP contribution in [0.25, 0.3) is 0 Å². The molecule has 2 aliphatic rings. The van der Waals surface area contributed by atoms with Crippen LogP contribution >= 0.6 is 0 Å². The van der Waals surface area contributed by atoms with E-state index < -0.39 is 0 Å². The molecule has 1 aliphatic carbocycles. The molecule has 2 atom stereocenters. The van der Waals surface area contributed by atoms with Gasteiger partial charge in [0.15, 0.2) is 0 Å². The summed E-state index contributed by atoms with van der Waals surface area (Å²) >= 11 is 0. The van der Waals surface area contributed by atoms with Gasteiger partial charge in [0.25, 0.3) is 0 Å². The van der Waals surface area contributed by atoms with E-state index in [0.29, 0.717) is 5.92 Å². The molecule has 116 valence electrons. The van der Waals surface area contributed by atoms with Crippen LogP contribution in [0.5, 0.6) is 5.75 Å². The first-order valence-electron chi connectivity index (χ1n) is 8.22. The van der Waals surface area contributed by atoms with Gasteiger partial charge >= 0.3 is 0 Å². The first kappa shape index (κ1) is 14.9. The zero-order valence-electron chi connectivity index (χ0n) is 13.2. The molecule has 0 saturated heterocycles. The molecule has 2 unspecified atom stereocenters. The van der Waals surface area contributed by atoms with Crippen molar-refractivity contribution in [2.24, 2.45) is 5.92 Å². The lowest BCUT2D eigenvalue weighted by Gasteiger charge is -2.26. The van der Waals surface area contributed by atoms with Crippen LogP contribution in [-0.4, -0.2) is 23.4 Å². The highest BCUT2D eigenvalue weighted by atomic mass is 16.5. The fraction of sp³-hybridized carbons (Fsp3) is 0.667. The summed E-state index contributed by atoms with van der Waals surface area (Å²) in [5.41, 5.74) is 2.51. The number of para-hydroxylation sites is 1. The molecule has 3 heteroatoms. The molecule has 21 heavy (non-hydrogen) atoms. The summed E-state index contributed by atoms with van der Waals surface area (Å²) < 4.78 is 6.11. The zero-order chi connectivity index (χ0) is 14.9. The number of aliphatic hydroxyl groups is 1. The summed E-state index contributed by atoms with van der Waals surface area (Å²) in [6.45, 7) is 6.14. The van der Waals surface area contributed by atoms with Gasteiger partial charge in [0.1, 0.15) is 11.4 Å². The molecule has 0 spiro atoms. The van der Waals surface area contributed by atoms with Crippen molar-refractivity contribution in [2.45, 2.75) is 64.2 Å². The molecule has 3 rings (SSSR count). The second-order valence-electron chi connectivity index (χ2n) is 7.26. The lowest BCUT2D eigenvalue weighted by Crippen LogP contribution is -2.29. The lowest BCUT2D eigenvalue weighted by molar-refractivity contribution is 0.100. The third kappa shape index (κ3) is 3.58. The monoisotopic (exact) mass is 289 g/mol. The minimum atomic E-state index is -0.0874. The topological polar surface area (TPSA) is 41.5 Å². The normalized spacial score (nSPS) is 27.2. The molecule has 2 N–H and O–H groups in total. The number of fused-ring (bicyclic) bond motifs is 1. The van der Waals surface area contributed by atoms with Crippen LogP contribution in [0.15, 0.2) is 18.2 Å². The molecule has 0 radical (unpaired) electrons.